The van der Waals surface area contributed by atoms with Crippen LogP contribution in [0.15, 0.2) is 0 Å². The lowest BCUT2D eigenvalue weighted by atomic mass is 10.1. The molecule has 13 nitrogen and oxygen atoms in total. The van der Waals surface area contributed by atoms with Crippen molar-refractivity contribution < 1.29 is 64.7 Å². The highest BCUT2D eigenvalue weighted by Gasteiger charge is 2.47. The molecule has 13 heteroatoms. The topological polar surface area (TPSA) is 195 Å². The molecule has 0 bridgehead atoms. The van der Waals surface area contributed by atoms with E-state index in [0.29, 0.717) is 51.9 Å². The fraction of sp³-hybridized carbons (Fsp3) is 0.871. The molecular weight excluding hydrogens is 580 g/mol. The molecule has 0 radical (unpaired) electrons. The maximum absolute atomic E-state index is 11.8. The Morgan fingerprint density at radius 2 is 1.16 bits per heavy atom. The average Bonchev–Trinajstić information content (AvgIpc) is 3.53. The number of carbonyl (C=O) groups is 4. The highest BCUT2D eigenvalue weighted by Crippen LogP contribution is 2.36. The van der Waals surface area contributed by atoms with E-state index in [-0.39, 0.29) is 58.2 Å². The number of ketones is 3. The maximum Gasteiger partial charge on any atom is 1.00 e. The molecule has 6 atom stereocenters. The van der Waals surface area contributed by atoms with E-state index < -0.39 is 37.0 Å². The molecule has 0 saturated carbocycles. The Morgan fingerprint density at radius 3 is 1.50 bits per heavy atom. The molecule has 2 fully saturated rings. The Hall–Kier alpha value is -1.84. The monoisotopic (exact) mass is 641 g/mol. The minimum absolute atomic E-state index is 0. The normalized spacial score (nSPS) is 25.0. The first-order valence-corrected chi connectivity index (χ1v) is 14.5. The minimum atomic E-state index is -1.22. The molecule has 0 aromatic heterocycles. The molecule has 0 amide bonds. The van der Waals surface area contributed by atoms with Crippen molar-refractivity contribution in [3.63, 3.8) is 0 Å². The van der Waals surface area contributed by atoms with Gasteiger partial charge in [0.2, 0.25) is 0 Å². The molecule has 44 heavy (non-hydrogen) atoms. The summed E-state index contributed by atoms with van der Waals surface area (Å²) in [7, 11) is 0. The number of aliphatic hydroxyl groups excluding tert-OH is 4. The van der Waals surface area contributed by atoms with Crippen molar-refractivity contribution in [3.05, 3.63) is 0 Å². The molecule has 0 aromatic rings. The second kappa shape index (κ2) is 24.4. The zero-order valence-corrected chi connectivity index (χ0v) is 26.0. The fourth-order valence-electron chi connectivity index (χ4n) is 3.65. The highest BCUT2D eigenvalue weighted by molar-refractivity contribution is 5.83. The first kappa shape index (κ1) is 46.6. The van der Waals surface area contributed by atoms with Crippen LogP contribution in [-0.2, 0) is 42.9 Å². The Bertz CT molecular complexity index is 805. The minimum Gasteiger partial charge on any atom is -0.466 e. The van der Waals surface area contributed by atoms with E-state index in [9.17, 15) is 19.2 Å². The van der Waals surface area contributed by atoms with Crippen molar-refractivity contribution in [3.8, 4) is 0 Å². The molecule has 4 N–H and O–H groups in total. The van der Waals surface area contributed by atoms with Crippen LogP contribution in [0.5, 0.6) is 0 Å². The summed E-state index contributed by atoms with van der Waals surface area (Å²) in [5.41, 5.74) is 0. The van der Waals surface area contributed by atoms with Crippen molar-refractivity contribution in [1.29, 1.82) is 0 Å². The average molecular weight is 642 g/mol. The first-order valence-electron chi connectivity index (χ1n) is 14.5. The summed E-state index contributed by atoms with van der Waals surface area (Å²) in [4.78, 5) is 43.3. The zero-order valence-electron chi connectivity index (χ0n) is 27.0. The van der Waals surface area contributed by atoms with Crippen LogP contribution in [-0.4, -0.2) is 113 Å². The number of hydrogen-bond donors (Lipinski definition) is 4. The van der Waals surface area contributed by atoms with Crippen LogP contribution >= 0.6 is 0 Å². The lowest BCUT2D eigenvalue weighted by molar-refractivity contribution is -0.193. The second-order valence-corrected chi connectivity index (χ2v) is 10.9. The molecule has 0 aromatic carbocycles. The van der Waals surface area contributed by atoms with Gasteiger partial charge in [0.25, 0.3) is 0 Å². The first-order chi connectivity index (χ1) is 19.6. The van der Waals surface area contributed by atoms with E-state index in [1.807, 2.05) is 13.8 Å². The van der Waals surface area contributed by atoms with Gasteiger partial charge in [0.1, 0.15) is 41.8 Å². The van der Waals surface area contributed by atoms with Gasteiger partial charge in [-0.1, -0.05) is 28.2 Å². The van der Waals surface area contributed by atoms with Crippen LogP contribution in [0.1, 0.15) is 109 Å². The number of ether oxygens (including phenoxy) is 5. The van der Waals surface area contributed by atoms with Gasteiger partial charge in [0.15, 0.2) is 11.6 Å². The lowest BCUT2D eigenvalue weighted by Gasteiger charge is -2.26. The van der Waals surface area contributed by atoms with Crippen molar-refractivity contribution in [1.82, 2.24) is 0 Å². The Kier molecular flexibility index (Phi) is 25.8. The molecule has 2 rings (SSSR count). The predicted octanol–water partition coefficient (Wildman–Crippen LogP) is 2.76. The highest BCUT2D eigenvalue weighted by atomic mass is 16.8. The van der Waals surface area contributed by atoms with Gasteiger partial charge in [0, 0.05) is 32.1 Å². The van der Waals surface area contributed by atoms with Crippen LogP contribution in [0.4, 0.5) is 0 Å². The summed E-state index contributed by atoms with van der Waals surface area (Å²) in [6, 6.07) is 0. The zero-order chi connectivity index (χ0) is 32.3. The molecule has 262 valence electrons. The Morgan fingerprint density at radius 1 is 0.773 bits per heavy atom. The van der Waals surface area contributed by atoms with E-state index in [2.05, 4.69) is 6.92 Å². The summed E-state index contributed by atoms with van der Waals surface area (Å²) in [5, 5.41) is 33.2. The number of esters is 1. The molecule has 2 saturated heterocycles. The number of unbranched alkanes of at least 4 members (excludes halogenated alkanes) is 1. The second-order valence-electron chi connectivity index (χ2n) is 10.9. The standard InChI is InChI=1S/C19H32O7.C6H10O2.C4H10O4.2CH4/c1-5-6-11-22-17(21)8-10-19(4)24-13-16(26-19)15-12-23-18(3,25-15)9-7-14(2)20;1-5(7)3-4-6(2)8;5-1-3(7)4(8)2-6;;/h15-16H,5-13H2,1-4H3;3-4H2,1-2H3;3-8H,1-2H2;2*1H4/p+1. The summed E-state index contributed by atoms with van der Waals surface area (Å²) in [6.07, 6.45) is 1.35. The van der Waals surface area contributed by atoms with Crippen LogP contribution < -0.4 is 0 Å². The molecule has 6 unspecified atom stereocenters. The van der Waals surface area contributed by atoms with Gasteiger partial charge in [-0.2, -0.15) is 0 Å². The third-order valence-corrected chi connectivity index (χ3v) is 6.44. The van der Waals surface area contributed by atoms with Crippen molar-refractivity contribution in [2.45, 2.75) is 144 Å². The summed E-state index contributed by atoms with van der Waals surface area (Å²) < 4.78 is 28.7. The third kappa shape index (κ3) is 21.0. The van der Waals surface area contributed by atoms with Crippen LogP contribution in [0.2, 0.25) is 0 Å². The Labute approximate surface area is 265 Å². The Balaban J connectivity index is -0.000000369. The number of hydrogen-bond acceptors (Lipinski definition) is 13. The molecule has 0 aliphatic carbocycles. The number of aliphatic hydroxyl groups is 4. The summed E-state index contributed by atoms with van der Waals surface area (Å²) in [6.45, 7) is 10.5. The van der Waals surface area contributed by atoms with Crippen LogP contribution in [0.3, 0.4) is 0 Å². The van der Waals surface area contributed by atoms with E-state index >= 15 is 0 Å². The molecule has 0 spiro atoms. The SMILES string of the molecule is C.C.CC(=O)CCC(C)=O.CCCCOC(=O)CCC1(C)OCC(C2COC(C)(CCC(C)=O)O2)O1.OCC(O)C(O)CO.[H+]. The lowest BCUT2D eigenvalue weighted by Crippen LogP contribution is -2.36. The molecule has 2 aliphatic rings. The number of carbonyl (C=O) groups excluding carboxylic acids is 4. The maximum atomic E-state index is 11.8. The van der Waals surface area contributed by atoms with Gasteiger partial charge in [-0.05, 0) is 41.0 Å². The van der Waals surface area contributed by atoms with Crippen LogP contribution in [0.25, 0.3) is 0 Å². The third-order valence-electron chi connectivity index (χ3n) is 6.44. The van der Waals surface area contributed by atoms with E-state index in [4.69, 9.17) is 44.1 Å². The summed E-state index contributed by atoms with van der Waals surface area (Å²) in [5.74, 6) is -1.54. The van der Waals surface area contributed by atoms with Gasteiger partial charge >= 0.3 is 7.40 Å². The van der Waals surface area contributed by atoms with E-state index in [0.717, 1.165) is 12.8 Å². The van der Waals surface area contributed by atoms with Gasteiger partial charge in [-0.15, -0.1) is 0 Å². The van der Waals surface area contributed by atoms with Gasteiger partial charge in [-0.25, -0.2) is 0 Å². The van der Waals surface area contributed by atoms with Gasteiger partial charge < -0.3 is 58.5 Å². The van der Waals surface area contributed by atoms with E-state index in [1.54, 1.807) is 6.92 Å². The number of rotatable bonds is 16. The molecule has 2 heterocycles. The number of Topliss-reactive ketones (excluding diaryl/α,β-unsaturated/α-hetero) is 3. The molecular formula is C31H61O13+. The van der Waals surface area contributed by atoms with Crippen molar-refractivity contribution >= 4 is 23.3 Å². The quantitative estimate of drug-likeness (QED) is 0.142. The predicted molar refractivity (Wildman–Crippen MR) is 165 cm³/mol. The summed E-state index contributed by atoms with van der Waals surface area (Å²) >= 11 is 0. The van der Waals surface area contributed by atoms with Crippen molar-refractivity contribution in [2.75, 3.05) is 33.0 Å². The van der Waals surface area contributed by atoms with Crippen molar-refractivity contribution in [2.24, 2.45) is 0 Å². The largest absolute Gasteiger partial charge is 1.00 e. The van der Waals surface area contributed by atoms with Gasteiger partial charge in [0.05, 0.1) is 39.5 Å². The molecule has 2 aliphatic heterocycles. The van der Waals surface area contributed by atoms with Crippen LogP contribution in [0, 0.1) is 0 Å². The van der Waals surface area contributed by atoms with E-state index in [1.165, 1.54) is 13.8 Å². The van der Waals surface area contributed by atoms with Gasteiger partial charge in [-0.3, -0.25) is 4.79 Å². The fourth-order valence-corrected chi connectivity index (χ4v) is 3.65. The smallest absolute Gasteiger partial charge is 0.466 e.